The summed E-state index contributed by atoms with van der Waals surface area (Å²) in [5.74, 6) is 1.00. The molecule has 110 valence electrons. The Bertz CT molecular complexity index is 647. The summed E-state index contributed by atoms with van der Waals surface area (Å²) in [7, 11) is 0. The highest BCUT2D eigenvalue weighted by atomic mass is 35.5. The molecule has 2 aromatic rings. The van der Waals surface area contributed by atoms with Crippen molar-refractivity contribution >= 4 is 41.0 Å². The number of hydrogen-bond acceptors (Lipinski definition) is 5. The van der Waals surface area contributed by atoms with Gasteiger partial charge in [-0.2, -0.15) is 0 Å². The Morgan fingerprint density at radius 2 is 2.10 bits per heavy atom. The average molecular weight is 340 g/mol. The van der Waals surface area contributed by atoms with Gasteiger partial charge < -0.3 is 10.9 Å². The Hall–Kier alpha value is -1.37. The number of hydrogen-bond donors (Lipinski definition) is 2. The van der Waals surface area contributed by atoms with Gasteiger partial charge in [-0.05, 0) is 30.0 Å². The lowest BCUT2D eigenvalue weighted by Crippen LogP contribution is -2.15. The summed E-state index contributed by atoms with van der Waals surface area (Å²) in [5, 5.41) is 13.5. The zero-order chi connectivity index (χ0) is 15.2. The maximum Gasteiger partial charge on any atom is 0.172 e. The van der Waals surface area contributed by atoms with E-state index in [4.69, 9.17) is 22.5 Å². The fourth-order valence-corrected chi connectivity index (χ4v) is 3.66. The van der Waals surface area contributed by atoms with E-state index in [1.807, 2.05) is 24.3 Å². The second kappa shape index (κ2) is 7.59. The number of aromatic nitrogens is 1. The highest BCUT2D eigenvalue weighted by molar-refractivity contribution is 8.00. The summed E-state index contributed by atoms with van der Waals surface area (Å²) in [6, 6.07) is 9.45. The van der Waals surface area contributed by atoms with Gasteiger partial charge in [0.2, 0.25) is 0 Å². The monoisotopic (exact) mass is 339 g/mol. The van der Waals surface area contributed by atoms with E-state index < -0.39 is 0 Å². The highest BCUT2D eigenvalue weighted by Gasteiger charge is 2.14. The Labute approximate surface area is 136 Å². The summed E-state index contributed by atoms with van der Waals surface area (Å²) in [6.45, 7) is 2.06. The molecular weight excluding hydrogens is 326 g/mol. The molecule has 0 fully saturated rings. The van der Waals surface area contributed by atoms with Crippen LogP contribution in [-0.2, 0) is 0 Å². The first-order valence-corrected chi connectivity index (χ1v) is 8.36. The Balaban J connectivity index is 2.42. The molecule has 0 spiro atoms. The molecule has 4 nitrogen and oxygen atoms in total. The number of halogens is 1. The summed E-state index contributed by atoms with van der Waals surface area (Å²) in [6.07, 6.45) is 1.59. The SMILES string of the molecule is CCSc1cccc(Sc2ccc(Cl)cn2)c1/C(N)=N/O. The van der Waals surface area contributed by atoms with Crippen LogP contribution in [0.2, 0.25) is 5.02 Å². The smallest absolute Gasteiger partial charge is 0.172 e. The molecule has 0 radical (unpaired) electrons. The normalized spacial score (nSPS) is 11.6. The van der Waals surface area contributed by atoms with E-state index in [1.165, 1.54) is 11.8 Å². The molecule has 0 saturated heterocycles. The Kier molecular flexibility index (Phi) is 5.78. The molecule has 0 aliphatic rings. The van der Waals surface area contributed by atoms with Crippen LogP contribution < -0.4 is 5.73 Å². The van der Waals surface area contributed by atoms with Crippen molar-refractivity contribution in [2.24, 2.45) is 10.9 Å². The van der Waals surface area contributed by atoms with Crippen molar-refractivity contribution in [3.8, 4) is 0 Å². The predicted molar refractivity (Wildman–Crippen MR) is 88.7 cm³/mol. The molecule has 0 unspecified atom stereocenters. The van der Waals surface area contributed by atoms with E-state index in [0.717, 1.165) is 26.1 Å². The summed E-state index contributed by atoms with van der Waals surface area (Å²) in [5.41, 5.74) is 6.57. The molecule has 7 heteroatoms. The molecule has 21 heavy (non-hydrogen) atoms. The maximum absolute atomic E-state index is 9.02. The third-order valence-electron chi connectivity index (χ3n) is 2.57. The lowest BCUT2D eigenvalue weighted by Gasteiger charge is -2.12. The fraction of sp³-hybridized carbons (Fsp3) is 0.143. The number of benzene rings is 1. The van der Waals surface area contributed by atoms with E-state index in [-0.39, 0.29) is 5.84 Å². The largest absolute Gasteiger partial charge is 0.409 e. The Morgan fingerprint density at radius 1 is 1.33 bits per heavy atom. The molecule has 0 atom stereocenters. The van der Waals surface area contributed by atoms with Crippen LogP contribution in [-0.4, -0.2) is 21.8 Å². The lowest BCUT2D eigenvalue weighted by atomic mass is 10.2. The summed E-state index contributed by atoms with van der Waals surface area (Å²) >= 11 is 8.94. The van der Waals surface area contributed by atoms with E-state index >= 15 is 0 Å². The molecular formula is C14H14ClN3OS2. The first kappa shape index (κ1) is 16.0. The van der Waals surface area contributed by atoms with Crippen molar-refractivity contribution in [2.75, 3.05) is 5.75 Å². The fourth-order valence-electron chi connectivity index (χ4n) is 1.71. The van der Waals surface area contributed by atoms with Gasteiger partial charge in [0.25, 0.3) is 0 Å². The van der Waals surface area contributed by atoms with Gasteiger partial charge in [-0.3, -0.25) is 0 Å². The highest BCUT2D eigenvalue weighted by Crippen LogP contribution is 2.34. The minimum absolute atomic E-state index is 0.100. The van der Waals surface area contributed by atoms with Gasteiger partial charge in [-0.1, -0.05) is 41.5 Å². The van der Waals surface area contributed by atoms with Gasteiger partial charge in [-0.25, -0.2) is 4.98 Å². The molecule has 3 N–H and O–H groups in total. The van der Waals surface area contributed by atoms with Crippen LogP contribution in [0, 0.1) is 0 Å². The van der Waals surface area contributed by atoms with Gasteiger partial charge in [0.05, 0.1) is 5.02 Å². The van der Waals surface area contributed by atoms with Crippen LogP contribution in [0.15, 0.2) is 56.5 Å². The van der Waals surface area contributed by atoms with Crippen LogP contribution in [0.5, 0.6) is 0 Å². The molecule has 0 aliphatic heterocycles. The van der Waals surface area contributed by atoms with Crippen LogP contribution in [0.4, 0.5) is 0 Å². The number of rotatable bonds is 5. The van der Waals surface area contributed by atoms with Gasteiger partial charge >= 0.3 is 0 Å². The van der Waals surface area contributed by atoms with E-state index in [9.17, 15) is 0 Å². The zero-order valence-electron chi connectivity index (χ0n) is 11.3. The average Bonchev–Trinajstić information content (AvgIpc) is 2.49. The molecule has 0 bridgehead atoms. The van der Waals surface area contributed by atoms with Gasteiger partial charge in [0.15, 0.2) is 5.84 Å². The number of pyridine rings is 1. The van der Waals surface area contributed by atoms with Gasteiger partial charge in [-0.15, -0.1) is 11.8 Å². The third kappa shape index (κ3) is 4.06. The molecule has 1 aromatic carbocycles. The number of oxime groups is 1. The minimum atomic E-state index is 0.100. The van der Waals surface area contributed by atoms with E-state index in [2.05, 4.69) is 17.1 Å². The first-order valence-electron chi connectivity index (χ1n) is 6.18. The van der Waals surface area contributed by atoms with Crippen molar-refractivity contribution in [2.45, 2.75) is 21.7 Å². The van der Waals surface area contributed by atoms with Crippen LogP contribution in [0.25, 0.3) is 0 Å². The second-order valence-electron chi connectivity index (χ2n) is 3.96. The number of amidine groups is 1. The first-order chi connectivity index (χ1) is 10.2. The van der Waals surface area contributed by atoms with E-state index in [1.54, 1.807) is 24.0 Å². The molecule has 2 rings (SSSR count). The molecule has 1 heterocycles. The number of nitrogens with two attached hydrogens (primary N) is 1. The predicted octanol–water partition coefficient (Wildman–Crippen LogP) is 4.09. The molecule has 0 aliphatic carbocycles. The van der Waals surface area contributed by atoms with Crippen LogP contribution in [0.1, 0.15) is 12.5 Å². The molecule has 0 saturated carbocycles. The maximum atomic E-state index is 9.02. The van der Waals surface area contributed by atoms with Crippen molar-refractivity contribution in [3.63, 3.8) is 0 Å². The van der Waals surface area contributed by atoms with Crippen LogP contribution >= 0.6 is 35.1 Å². The van der Waals surface area contributed by atoms with Gasteiger partial charge in [0.1, 0.15) is 5.03 Å². The van der Waals surface area contributed by atoms with Gasteiger partial charge in [0, 0.05) is 21.6 Å². The second-order valence-corrected chi connectivity index (χ2v) is 6.77. The summed E-state index contributed by atoms with van der Waals surface area (Å²) in [4.78, 5) is 6.12. The third-order valence-corrected chi connectivity index (χ3v) is 4.74. The van der Waals surface area contributed by atoms with E-state index in [0.29, 0.717) is 5.02 Å². The lowest BCUT2D eigenvalue weighted by molar-refractivity contribution is 0.318. The molecule has 0 amide bonds. The zero-order valence-corrected chi connectivity index (χ0v) is 13.7. The molecule has 1 aromatic heterocycles. The number of nitrogens with zero attached hydrogens (tertiary/aromatic N) is 2. The van der Waals surface area contributed by atoms with Crippen molar-refractivity contribution < 1.29 is 5.21 Å². The number of thioether (sulfide) groups is 1. The van der Waals surface area contributed by atoms with Crippen molar-refractivity contribution in [1.29, 1.82) is 0 Å². The van der Waals surface area contributed by atoms with Crippen LogP contribution in [0.3, 0.4) is 0 Å². The Morgan fingerprint density at radius 3 is 2.71 bits per heavy atom. The topological polar surface area (TPSA) is 71.5 Å². The quantitative estimate of drug-likeness (QED) is 0.282. The minimum Gasteiger partial charge on any atom is -0.409 e. The van der Waals surface area contributed by atoms with Crippen molar-refractivity contribution in [3.05, 3.63) is 47.1 Å². The standard InChI is InChI=1S/C14H14ClN3OS2/c1-2-20-10-4-3-5-11(13(10)14(16)18-19)21-12-7-6-9(15)8-17-12/h3-8,19H,2H2,1H3,(H2,16,18). The summed E-state index contributed by atoms with van der Waals surface area (Å²) < 4.78 is 0. The van der Waals surface area contributed by atoms with Crippen molar-refractivity contribution in [1.82, 2.24) is 4.98 Å².